The zero-order chi connectivity index (χ0) is 9.15. The monoisotopic (exact) mass is 166 g/mol. The molecule has 2 aliphatic rings. The van der Waals surface area contributed by atoms with Crippen molar-refractivity contribution in [1.82, 2.24) is 0 Å². The molecular weight excluding hydrogens is 144 g/mol. The first-order valence-corrected chi connectivity index (χ1v) is 5.34. The Balaban J connectivity index is 1.92. The predicted octanol–water partition coefficient (Wildman–Crippen LogP) is 3.71. The molecule has 70 valence electrons. The van der Waals surface area contributed by atoms with Gasteiger partial charge in [0.2, 0.25) is 0 Å². The van der Waals surface area contributed by atoms with Gasteiger partial charge in [-0.1, -0.05) is 34.6 Å². The lowest BCUT2D eigenvalue weighted by atomic mass is 9.91. The lowest BCUT2D eigenvalue weighted by Gasteiger charge is -2.14. The highest BCUT2D eigenvalue weighted by atomic mass is 14.6. The van der Waals surface area contributed by atoms with Crippen LogP contribution >= 0.6 is 0 Å². The molecule has 0 nitrogen and oxygen atoms in total. The minimum absolute atomic E-state index is 0.679. The summed E-state index contributed by atoms with van der Waals surface area (Å²) in [6, 6.07) is 0. The third-order valence-corrected chi connectivity index (χ3v) is 4.45. The van der Waals surface area contributed by atoms with Crippen molar-refractivity contribution >= 4 is 0 Å². The Morgan fingerprint density at radius 1 is 0.917 bits per heavy atom. The minimum Gasteiger partial charge on any atom is -0.0619 e. The third kappa shape index (κ3) is 1.20. The largest absolute Gasteiger partial charge is 0.0619 e. The summed E-state index contributed by atoms with van der Waals surface area (Å²) in [5, 5.41) is 0. The molecule has 12 heavy (non-hydrogen) atoms. The molecule has 0 spiro atoms. The average molecular weight is 166 g/mol. The van der Waals surface area contributed by atoms with Crippen LogP contribution in [-0.2, 0) is 0 Å². The number of rotatable bonds is 2. The molecule has 0 N–H and O–H groups in total. The Morgan fingerprint density at radius 2 is 1.17 bits per heavy atom. The van der Waals surface area contributed by atoms with Crippen molar-refractivity contribution in [3.63, 3.8) is 0 Å². The number of hydrogen-bond donors (Lipinski definition) is 0. The Labute approximate surface area is 76.7 Å². The summed E-state index contributed by atoms with van der Waals surface area (Å²) < 4.78 is 0. The topological polar surface area (TPSA) is 0 Å². The van der Waals surface area contributed by atoms with Gasteiger partial charge >= 0.3 is 0 Å². The third-order valence-electron chi connectivity index (χ3n) is 4.45. The van der Waals surface area contributed by atoms with E-state index in [1.807, 2.05) is 0 Å². The molecule has 0 amide bonds. The zero-order valence-corrected chi connectivity index (χ0v) is 9.15. The summed E-state index contributed by atoms with van der Waals surface area (Å²) in [6.07, 6.45) is 2.95. The molecule has 2 fully saturated rings. The Hall–Kier alpha value is 0. The molecule has 2 rings (SSSR count). The second kappa shape index (κ2) is 2.08. The maximum Gasteiger partial charge on any atom is -0.0320 e. The van der Waals surface area contributed by atoms with E-state index in [2.05, 4.69) is 34.6 Å². The van der Waals surface area contributed by atoms with Crippen molar-refractivity contribution < 1.29 is 0 Å². The molecule has 0 aromatic heterocycles. The smallest absolute Gasteiger partial charge is 0.0320 e. The highest BCUT2D eigenvalue weighted by Gasteiger charge is 2.57. The van der Waals surface area contributed by atoms with Gasteiger partial charge in [0, 0.05) is 0 Å². The van der Waals surface area contributed by atoms with E-state index < -0.39 is 0 Å². The molecule has 0 radical (unpaired) electrons. The van der Waals surface area contributed by atoms with Crippen molar-refractivity contribution in [1.29, 1.82) is 0 Å². The van der Waals surface area contributed by atoms with E-state index in [-0.39, 0.29) is 0 Å². The van der Waals surface area contributed by atoms with Gasteiger partial charge in [-0.15, -0.1) is 0 Å². The number of hydrogen-bond acceptors (Lipinski definition) is 0. The van der Waals surface area contributed by atoms with E-state index in [1.165, 1.54) is 12.8 Å². The first kappa shape index (κ1) is 8.59. The predicted molar refractivity (Wildman–Crippen MR) is 52.9 cm³/mol. The SMILES string of the molecule is CC(C1CC1(C)C)C1CC1(C)C. The quantitative estimate of drug-likeness (QED) is 0.586. The lowest BCUT2D eigenvalue weighted by molar-refractivity contribution is 0.339. The first-order chi connectivity index (χ1) is 5.34. The van der Waals surface area contributed by atoms with Gasteiger partial charge in [-0.2, -0.15) is 0 Å². The molecule has 2 aliphatic carbocycles. The van der Waals surface area contributed by atoms with Crippen molar-refractivity contribution in [2.24, 2.45) is 28.6 Å². The van der Waals surface area contributed by atoms with Crippen LogP contribution in [0.15, 0.2) is 0 Å². The van der Waals surface area contributed by atoms with Crippen LogP contribution in [0.4, 0.5) is 0 Å². The summed E-state index contributed by atoms with van der Waals surface area (Å²) in [5.41, 5.74) is 1.36. The van der Waals surface area contributed by atoms with Gasteiger partial charge in [-0.25, -0.2) is 0 Å². The molecule has 2 atom stereocenters. The first-order valence-electron chi connectivity index (χ1n) is 5.34. The fraction of sp³-hybridized carbons (Fsp3) is 1.00. The van der Waals surface area contributed by atoms with Gasteiger partial charge in [0.1, 0.15) is 0 Å². The van der Waals surface area contributed by atoms with Gasteiger partial charge < -0.3 is 0 Å². The molecule has 2 unspecified atom stereocenters. The second-order valence-corrected chi connectivity index (χ2v) is 6.46. The molecular formula is C12H22. The van der Waals surface area contributed by atoms with Crippen molar-refractivity contribution in [3.8, 4) is 0 Å². The van der Waals surface area contributed by atoms with E-state index in [4.69, 9.17) is 0 Å². The van der Waals surface area contributed by atoms with Crippen LogP contribution in [0.2, 0.25) is 0 Å². The van der Waals surface area contributed by atoms with Gasteiger partial charge in [0.05, 0.1) is 0 Å². The van der Waals surface area contributed by atoms with E-state index >= 15 is 0 Å². The maximum atomic E-state index is 2.47. The fourth-order valence-corrected chi connectivity index (χ4v) is 3.09. The van der Waals surface area contributed by atoms with Gasteiger partial charge in [0.25, 0.3) is 0 Å². The molecule has 0 bridgehead atoms. The maximum absolute atomic E-state index is 2.47. The highest BCUT2D eigenvalue weighted by Crippen LogP contribution is 2.65. The molecule has 0 saturated heterocycles. The zero-order valence-electron chi connectivity index (χ0n) is 9.15. The van der Waals surface area contributed by atoms with Gasteiger partial charge in [-0.05, 0) is 41.4 Å². The molecule has 0 heteroatoms. The highest BCUT2D eigenvalue weighted by molar-refractivity contribution is 5.06. The molecule has 2 saturated carbocycles. The summed E-state index contributed by atoms with van der Waals surface area (Å²) in [4.78, 5) is 0. The van der Waals surface area contributed by atoms with Crippen molar-refractivity contribution in [2.75, 3.05) is 0 Å². The van der Waals surface area contributed by atoms with Crippen LogP contribution in [0.3, 0.4) is 0 Å². The average Bonchev–Trinajstić information content (AvgIpc) is 2.70. The summed E-state index contributed by atoms with van der Waals surface area (Å²) in [5.74, 6) is 3.04. The standard InChI is InChI=1S/C12H22/c1-8(9-6-11(9,2)3)10-7-12(10,4)5/h8-10H,6-7H2,1-5H3. The Morgan fingerprint density at radius 3 is 1.33 bits per heavy atom. The second-order valence-electron chi connectivity index (χ2n) is 6.46. The van der Waals surface area contributed by atoms with Gasteiger partial charge in [-0.3, -0.25) is 0 Å². The van der Waals surface area contributed by atoms with E-state index in [1.54, 1.807) is 0 Å². The lowest BCUT2D eigenvalue weighted by Crippen LogP contribution is -2.08. The Bertz CT molecular complexity index is 178. The van der Waals surface area contributed by atoms with E-state index in [0.717, 1.165) is 17.8 Å². The van der Waals surface area contributed by atoms with Crippen LogP contribution < -0.4 is 0 Å². The normalized spacial score (nSPS) is 43.8. The summed E-state index contributed by atoms with van der Waals surface area (Å²) in [7, 11) is 0. The molecule has 0 aromatic rings. The van der Waals surface area contributed by atoms with Crippen LogP contribution in [0.1, 0.15) is 47.5 Å². The van der Waals surface area contributed by atoms with E-state index in [0.29, 0.717) is 10.8 Å². The van der Waals surface area contributed by atoms with E-state index in [9.17, 15) is 0 Å². The fourth-order valence-electron chi connectivity index (χ4n) is 3.09. The Kier molecular flexibility index (Phi) is 1.49. The summed E-state index contributed by atoms with van der Waals surface area (Å²) >= 11 is 0. The molecule has 0 heterocycles. The summed E-state index contributed by atoms with van der Waals surface area (Å²) in [6.45, 7) is 12.2. The molecule has 0 aromatic carbocycles. The molecule has 0 aliphatic heterocycles. The van der Waals surface area contributed by atoms with Gasteiger partial charge in [0.15, 0.2) is 0 Å². The van der Waals surface area contributed by atoms with Crippen LogP contribution in [0.25, 0.3) is 0 Å². The van der Waals surface area contributed by atoms with Crippen molar-refractivity contribution in [2.45, 2.75) is 47.5 Å². The van der Waals surface area contributed by atoms with Crippen LogP contribution in [0.5, 0.6) is 0 Å². The van der Waals surface area contributed by atoms with Crippen molar-refractivity contribution in [3.05, 3.63) is 0 Å². The van der Waals surface area contributed by atoms with Crippen LogP contribution in [0, 0.1) is 28.6 Å². The minimum atomic E-state index is 0.679. The van der Waals surface area contributed by atoms with Crippen LogP contribution in [-0.4, -0.2) is 0 Å².